The van der Waals surface area contributed by atoms with Crippen LogP contribution in [0.2, 0.25) is 0 Å². The van der Waals surface area contributed by atoms with Crippen molar-refractivity contribution in [2.45, 2.75) is 25.8 Å². The van der Waals surface area contributed by atoms with Gasteiger partial charge >= 0.3 is 0 Å². The van der Waals surface area contributed by atoms with Crippen LogP contribution in [0.25, 0.3) is 11.3 Å². The molecule has 8 heteroatoms. The predicted octanol–water partition coefficient (Wildman–Crippen LogP) is 3.48. The van der Waals surface area contributed by atoms with Crippen LogP contribution in [0.4, 0.5) is 23.0 Å². The molecule has 0 radical (unpaired) electrons. The van der Waals surface area contributed by atoms with E-state index in [4.69, 9.17) is 10.7 Å². The van der Waals surface area contributed by atoms with Gasteiger partial charge < -0.3 is 25.8 Å². The molecule has 2 aliphatic rings. The lowest BCUT2D eigenvalue weighted by molar-refractivity contribution is -0.119. The average molecular weight is 472 g/mol. The second-order valence-corrected chi connectivity index (χ2v) is 9.16. The molecule has 2 aromatic carbocycles. The van der Waals surface area contributed by atoms with Gasteiger partial charge in [0.2, 0.25) is 11.9 Å². The number of piperazine rings is 1. The number of aromatic nitrogens is 2. The Kier molecular flexibility index (Phi) is 6.81. The summed E-state index contributed by atoms with van der Waals surface area (Å²) in [4.78, 5) is 27.9. The molecule has 8 nitrogen and oxygen atoms in total. The highest BCUT2D eigenvalue weighted by atomic mass is 16.1. The number of carbonyl (C=O) groups is 1. The third-order valence-electron chi connectivity index (χ3n) is 7.04. The van der Waals surface area contributed by atoms with Gasteiger partial charge in [0.1, 0.15) is 6.04 Å². The fraction of sp³-hybridized carbons (Fsp3) is 0.370. The molecule has 2 saturated heterocycles. The molecule has 2 aliphatic heterocycles. The van der Waals surface area contributed by atoms with Crippen LogP contribution in [-0.4, -0.2) is 66.1 Å². The maximum atomic E-state index is 11.7. The van der Waals surface area contributed by atoms with Gasteiger partial charge in [0.25, 0.3) is 0 Å². The number of carbonyl (C=O) groups excluding carboxylic acids is 1. The third kappa shape index (κ3) is 5.22. The average Bonchev–Trinajstić information content (AvgIpc) is 3.40. The van der Waals surface area contributed by atoms with Gasteiger partial charge in [0.15, 0.2) is 0 Å². The molecule has 3 aromatic rings. The third-order valence-corrected chi connectivity index (χ3v) is 7.04. The summed E-state index contributed by atoms with van der Waals surface area (Å²) in [6.45, 7) is 8.54. The molecule has 0 spiro atoms. The zero-order valence-corrected chi connectivity index (χ0v) is 20.2. The molecule has 3 N–H and O–H groups in total. The molecular weight excluding hydrogens is 438 g/mol. The van der Waals surface area contributed by atoms with E-state index < -0.39 is 0 Å². The predicted molar refractivity (Wildman–Crippen MR) is 141 cm³/mol. The molecule has 1 atom stereocenters. The van der Waals surface area contributed by atoms with E-state index >= 15 is 0 Å². The van der Waals surface area contributed by atoms with E-state index in [2.05, 4.69) is 56.2 Å². The van der Waals surface area contributed by atoms with E-state index in [1.54, 1.807) is 6.20 Å². The highest BCUT2D eigenvalue weighted by Crippen LogP contribution is 2.28. The van der Waals surface area contributed by atoms with Crippen molar-refractivity contribution in [3.8, 4) is 11.3 Å². The maximum absolute atomic E-state index is 11.7. The molecule has 0 bridgehead atoms. The fourth-order valence-electron chi connectivity index (χ4n) is 4.98. The zero-order valence-electron chi connectivity index (χ0n) is 20.2. The number of amides is 1. The van der Waals surface area contributed by atoms with Crippen molar-refractivity contribution >= 4 is 28.9 Å². The van der Waals surface area contributed by atoms with Gasteiger partial charge in [0, 0.05) is 61.5 Å². The van der Waals surface area contributed by atoms with Crippen molar-refractivity contribution in [1.82, 2.24) is 14.9 Å². The molecule has 3 heterocycles. The Bertz CT molecular complexity index is 1140. The van der Waals surface area contributed by atoms with Crippen LogP contribution < -0.4 is 20.9 Å². The van der Waals surface area contributed by atoms with Gasteiger partial charge in [-0.15, -0.1) is 0 Å². The lowest BCUT2D eigenvalue weighted by Gasteiger charge is -2.35. The first-order chi connectivity index (χ1) is 17.1. The van der Waals surface area contributed by atoms with Gasteiger partial charge in [-0.3, -0.25) is 4.79 Å². The van der Waals surface area contributed by atoms with Crippen molar-refractivity contribution in [2.75, 3.05) is 54.4 Å². The Morgan fingerprint density at radius 1 is 0.971 bits per heavy atom. The van der Waals surface area contributed by atoms with E-state index in [1.807, 2.05) is 30.3 Å². The van der Waals surface area contributed by atoms with Crippen LogP contribution in [0.3, 0.4) is 0 Å². The second-order valence-electron chi connectivity index (χ2n) is 9.16. The first kappa shape index (κ1) is 23.1. The molecule has 1 amide bonds. The lowest BCUT2D eigenvalue weighted by Crippen LogP contribution is -2.46. The maximum Gasteiger partial charge on any atom is 0.240 e. The minimum absolute atomic E-state index is 0.219. The van der Waals surface area contributed by atoms with Gasteiger partial charge in [0.05, 0.1) is 5.69 Å². The molecule has 35 heavy (non-hydrogen) atoms. The fourth-order valence-corrected chi connectivity index (χ4v) is 4.98. The van der Waals surface area contributed by atoms with Crippen LogP contribution in [-0.2, 0) is 4.79 Å². The van der Waals surface area contributed by atoms with Crippen molar-refractivity contribution < 1.29 is 4.79 Å². The van der Waals surface area contributed by atoms with Crippen molar-refractivity contribution in [1.29, 1.82) is 0 Å². The molecule has 182 valence electrons. The quantitative estimate of drug-likeness (QED) is 0.545. The van der Waals surface area contributed by atoms with Crippen molar-refractivity contribution in [3.05, 3.63) is 60.8 Å². The molecule has 2 fully saturated rings. The number of nitrogens with two attached hydrogens (primary N) is 1. The number of hydrogen-bond acceptors (Lipinski definition) is 7. The van der Waals surface area contributed by atoms with Gasteiger partial charge in [-0.1, -0.05) is 19.1 Å². The van der Waals surface area contributed by atoms with Crippen LogP contribution in [0, 0.1) is 0 Å². The van der Waals surface area contributed by atoms with Gasteiger partial charge in [-0.05, 0) is 61.9 Å². The molecule has 0 aliphatic carbocycles. The topological polar surface area (TPSA) is 90.6 Å². The standard InChI is InChI=1S/C27H33N7O/c1-2-32-16-18-33(19-17-32)22-11-7-21(8-12-22)30-27-29-14-13-24(31-27)20-5-9-23(10-6-20)34-15-3-4-25(34)26(28)35/h5-14,25H,2-4,15-19H2,1H3,(H2,28,35)(H,29,30,31)/t25-/m1/s1. The molecule has 0 unspecified atom stereocenters. The molecule has 1 aromatic heterocycles. The van der Waals surface area contributed by atoms with Gasteiger partial charge in [-0.25, -0.2) is 9.97 Å². The Labute approximate surface area is 206 Å². The summed E-state index contributed by atoms with van der Waals surface area (Å²) in [7, 11) is 0. The minimum atomic E-state index is -0.259. The number of likely N-dealkylation sites (N-methyl/N-ethyl adjacent to an activating group) is 1. The summed E-state index contributed by atoms with van der Waals surface area (Å²) >= 11 is 0. The summed E-state index contributed by atoms with van der Waals surface area (Å²) in [6, 6.07) is 18.3. The molecular formula is C27H33N7O. The van der Waals surface area contributed by atoms with E-state index in [-0.39, 0.29) is 11.9 Å². The number of nitrogens with zero attached hydrogens (tertiary/aromatic N) is 5. The van der Waals surface area contributed by atoms with E-state index in [0.29, 0.717) is 5.95 Å². The lowest BCUT2D eigenvalue weighted by atomic mass is 10.1. The van der Waals surface area contributed by atoms with Crippen molar-refractivity contribution in [3.63, 3.8) is 0 Å². The van der Waals surface area contributed by atoms with E-state index in [0.717, 1.165) is 74.7 Å². The van der Waals surface area contributed by atoms with Crippen LogP contribution >= 0.6 is 0 Å². The number of anilines is 4. The Balaban J connectivity index is 1.24. The first-order valence-electron chi connectivity index (χ1n) is 12.4. The number of primary amides is 1. The summed E-state index contributed by atoms with van der Waals surface area (Å²) in [5.74, 6) is 0.300. The summed E-state index contributed by atoms with van der Waals surface area (Å²) in [5, 5.41) is 3.33. The highest BCUT2D eigenvalue weighted by molar-refractivity contribution is 5.84. The van der Waals surface area contributed by atoms with Crippen molar-refractivity contribution in [2.24, 2.45) is 5.73 Å². The van der Waals surface area contributed by atoms with E-state index in [1.165, 1.54) is 5.69 Å². The summed E-state index contributed by atoms with van der Waals surface area (Å²) in [6.07, 6.45) is 3.56. The summed E-state index contributed by atoms with van der Waals surface area (Å²) < 4.78 is 0. The largest absolute Gasteiger partial charge is 0.369 e. The monoisotopic (exact) mass is 471 g/mol. The summed E-state index contributed by atoms with van der Waals surface area (Å²) in [5.41, 5.74) is 10.6. The Morgan fingerprint density at radius 2 is 1.69 bits per heavy atom. The first-order valence-corrected chi connectivity index (χ1v) is 12.4. The minimum Gasteiger partial charge on any atom is -0.369 e. The SMILES string of the molecule is CCN1CCN(c2ccc(Nc3nccc(-c4ccc(N5CCC[C@@H]5C(N)=O)cc4)n3)cc2)CC1. The van der Waals surface area contributed by atoms with Crippen LogP contribution in [0.15, 0.2) is 60.8 Å². The zero-order chi connectivity index (χ0) is 24.2. The van der Waals surface area contributed by atoms with Crippen LogP contribution in [0.5, 0.6) is 0 Å². The molecule has 5 rings (SSSR count). The highest BCUT2D eigenvalue weighted by Gasteiger charge is 2.29. The molecule has 0 saturated carbocycles. The normalized spacial score (nSPS) is 18.6. The Hall–Kier alpha value is -3.65. The Morgan fingerprint density at radius 3 is 2.37 bits per heavy atom. The number of nitrogens with one attached hydrogen (secondary N) is 1. The number of benzene rings is 2. The van der Waals surface area contributed by atoms with Crippen LogP contribution in [0.1, 0.15) is 19.8 Å². The second kappa shape index (κ2) is 10.3. The number of hydrogen-bond donors (Lipinski definition) is 2. The van der Waals surface area contributed by atoms with E-state index in [9.17, 15) is 4.79 Å². The smallest absolute Gasteiger partial charge is 0.240 e. The van der Waals surface area contributed by atoms with Gasteiger partial charge in [-0.2, -0.15) is 0 Å². The number of rotatable bonds is 7.